The highest BCUT2D eigenvalue weighted by atomic mass is 79.9. The van der Waals surface area contributed by atoms with E-state index >= 15 is 0 Å². The van der Waals surface area contributed by atoms with Crippen molar-refractivity contribution in [3.05, 3.63) is 67.6 Å². The number of hydrogen-bond acceptors (Lipinski definition) is 6. The number of carbonyl (C=O) groups excluding carboxylic acids is 1. The van der Waals surface area contributed by atoms with Gasteiger partial charge in [-0.05, 0) is 53.0 Å². The largest absolute Gasteiger partial charge is 0.480 e. The van der Waals surface area contributed by atoms with Crippen LogP contribution < -0.4 is 10.3 Å². The summed E-state index contributed by atoms with van der Waals surface area (Å²) in [6.45, 7) is -0.275. The molecule has 0 N–H and O–H groups in total. The highest BCUT2D eigenvalue weighted by molar-refractivity contribution is 9.10. The Morgan fingerprint density at radius 1 is 1.27 bits per heavy atom. The summed E-state index contributed by atoms with van der Waals surface area (Å²) in [5.41, 5.74) is 0.950. The van der Waals surface area contributed by atoms with Gasteiger partial charge < -0.3 is 9.47 Å². The van der Waals surface area contributed by atoms with Gasteiger partial charge in [0.05, 0.1) is 28.7 Å². The van der Waals surface area contributed by atoms with Crippen molar-refractivity contribution < 1.29 is 14.3 Å². The molecule has 1 aliphatic carbocycles. The average molecular weight is 533 g/mol. The van der Waals surface area contributed by atoms with Crippen molar-refractivity contribution in [3.63, 3.8) is 0 Å². The lowest BCUT2D eigenvalue weighted by Gasteiger charge is -2.22. The molecule has 0 spiro atoms. The molecule has 2 aromatic carbocycles. The quantitative estimate of drug-likeness (QED) is 0.318. The van der Waals surface area contributed by atoms with E-state index in [1.54, 1.807) is 18.2 Å². The molecule has 1 aliphatic rings. The molecule has 1 aromatic heterocycles. The maximum atomic E-state index is 13.4. The van der Waals surface area contributed by atoms with E-state index < -0.39 is 5.97 Å². The van der Waals surface area contributed by atoms with Gasteiger partial charge in [-0.3, -0.25) is 4.79 Å². The van der Waals surface area contributed by atoms with Crippen LogP contribution in [0.3, 0.4) is 0 Å². The lowest BCUT2D eigenvalue weighted by Crippen LogP contribution is -2.25. The molecule has 4 rings (SSSR count). The van der Waals surface area contributed by atoms with Gasteiger partial charge in [0.1, 0.15) is 11.6 Å². The Bertz CT molecular complexity index is 1270. The van der Waals surface area contributed by atoms with Gasteiger partial charge in [-0.25, -0.2) is 9.78 Å². The summed E-state index contributed by atoms with van der Waals surface area (Å²) in [5, 5.41) is 5.49. The van der Waals surface area contributed by atoms with Crippen molar-refractivity contribution in [3.8, 4) is 5.75 Å². The van der Waals surface area contributed by atoms with Crippen LogP contribution in [0.15, 0.2) is 50.8 Å². The topological polar surface area (TPSA) is 82.8 Å². The normalized spacial score (nSPS) is 14.6. The van der Waals surface area contributed by atoms with Crippen LogP contribution in [0.4, 0.5) is 0 Å². The van der Waals surface area contributed by atoms with E-state index in [4.69, 9.17) is 21.3 Å². The second kappa shape index (κ2) is 10.5. The molecule has 1 fully saturated rings. The Labute approximate surface area is 204 Å². The van der Waals surface area contributed by atoms with Gasteiger partial charge in [0.2, 0.25) is 0 Å². The van der Waals surface area contributed by atoms with Gasteiger partial charge in [-0.15, -0.1) is 0 Å². The molecule has 0 amide bonds. The number of aromatic nitrogens is 2. The van der Waals surface area contributed by atoms with Gasteiger partial charge in [0.15, 0.2) is 6.61 Å². The van der Waals surface area contributed by atoms with Gasteiger partial charge in [0.25, 0.3) is 5.56 Å². The zero-order valence-corrected chi connectivity index (χ0v) is 20.4. The van der Waals surface area contributed by atoms with Crippen molar-refractivity contribution in [2.24, 2.45) is 5.10 Å². The van der Waals surface area contributed by atoms with Crippen LogP contribution in [0.5, 0.6) is 5.75 Å². The Morgan fingerprint density at radius 3 is 2.79 bits per heavy atom. The third-order valence-electron chi connectivity index (χ3n) is 5.66. The number of halogens is 2. The van der Waals surface area contributed by atoms with Crippen LogP contribution in [0.25, 0.3) is 10.9 Å². The van der Waals surface area contributed by atoms with Gasteiger partial charge in [-0.2, -0.15) is 9.78 Å². The fraction of sp³-hybridized carbons (Fsp3) is 0.333. The highest BCUT2D eigenvalue weighted by Gasteiger charge is 2.22. The molecule has 0 saturated heterocycles. The predicted octanol–water partition coefficient (Wildman–Crippen LogP) is 5.29. The van der Waals surface area contributed by atoms with Gasteiger partial charge in [-0.1, -0.05) is 43.0 Å². The number of ether oxygens (including phenoxy) is 2. The third kappa shape index (κ3) is 5.28. The lowest BCUT2D eigenvalue weighted by molar-refractivity contribution is -0.142. The van der Waals surface area contributed by atoms with Gasteiger partial charge in [0, 0.05) is 16.5 Å². The molecule has 1 saturated carbocycles. The number of para-hydroxylation sites is 1. The zero-order valence-electron chi connectivity index (χ0n) is 18.1. The molecule has 0 unspecified atom stereocenters. The molecule has 3 aromatic rings. The standard InChI is InChI=1S/C24H23BrClN3O4/c1-32-21(30)14-33-22-16(11-17(26)12-19(22)25)13-27-29-23(15-7-3-2-4-8-15)28-20-10-6-5-9-18(20)24(29)31/h5-6,9-13,15H,2-4,7-8,14H2,1H3. The van der Waals surface area contributed by atoms with E-state index in [9.17, 15) is 9.59 Å². The first-order chi connectivity index (χ1) is 16.0. The first-order valence-corrected chi connectivity index (χ1v) is 11.9. The van der Waals surface area contributed by atoms with Crippen molar-refractivity contribution in [1.82, 2.24) is 9.66 Å². The molecule has 0 bridgehead atoms. The number of nitrogens with zero attached hydrogens (tertiary/aromatic N) is 3. The molecule has 0 atom stereocenters. The Morgan fingerprint density at radius 2 is 2.03 bits per heavy atom. The number of esters is 1. The Kier molecular flexibility index (Phi) is 7.45. The number of carbonyl (C=O) groups is 1. The molecule has 9 heteroatoms. The molecule has 0 radical (unpaired) electrons. The molecule has 172 valence electrons. The van der Waals surface area contributed by atoms with Crippen molar-refractivity contribution in [2.45, 2.75) is 38.0 Å². The van der Waals surface area contributed by atoms with Crippen LogP contribution in [-0.4, -0.2) is 35.6 Å². The van der Waals surface area contributed by atoms with Crippen LogP contribution in [0.2, 0.25) is 5.02 Å². The number of methoxy groups -OCH3 is 1. The number of benzene rings is 2. The lowest BCUT2D eigenvalue weighted by atomic mass is 9.88. The van der Waals surface area contributed by atoms with E-state index in [0.717, 1.165) is 25.7 Å². The monoisotopic (exact) mass is 531 g/mol. The summed E-state index contributed by atoms with van der Waals surface area (Å²) < 4.78 is 12.2. The molecule has 0 aliphatic heterocycles. The fourth-order valence-electron chi connectivity index (χ4n) is 4.02. The second-order valence-electron chi connectivity index (χ2n) is 7.85. The molecule has 1 heterocycles. The first kappa shape index (κ1) is 23.4. The van der Waals surface area contributed by atoms with Crippen LogP contribution >= 0.6 is 27.5 Å². The van der Waals surface area contributed by atoms with Crippen LogP contribution in [0.1, 0.15) is 49.4 Å². The van der Waals surface area contributed by atoms with E-state index in [2.05, 4.69) is 25.8 Å². The minimum absolute atomic E-state index is 0.161. The summed E-state index contributed by atoms with van der Waals surface area (Å²) in [7, 11) is 1.29. The summed E-state index contributed by atoms with van der Waals surface area (Å²) in [6, 6.07) is 10.6. The highest BCUT2D eigenvalue weighted by Crippen LogP contribution is 2.33. The smallest absolute Gasteiger partial charge is 0.343 e. The SMILES string of the molecule is COC(=O)COc1c(Br)cc(Cl)cc1C=Nn1c(C2CCCCC2)nc2ccccc2c1=O. The molecular weight excluding hydrogens is 510 g/mol. The maximum absolute atomic E-state index is 13.4. The van der Waals surface area contributed by atoms with Crippen LogP contribution in [0, 0.1) is 0 Å². The minimum atomic E-state index is -0.519. The molecule has 7 nitrogen and oxygen atoms in total. The number of hydrogen-bond donors (Lipinski definition) is 0. The van der Waals surface area contributed by atoms with Crippen molar-refractivity contribution in [1.29, 1.82) is 0 Å². The first-order valence-electron chi connectivity index (χ1n) is 10.7. The van der Waals surface area contributed by atoms with Crippen LogP contribution in [-0.2, 0) is 9.53 Å². The summed E-state index contributed by atoms with van der Waals surface area (Å²) >= 11 is 9.65. The van der Waals surface area contributed by atoms with Crippen molar-refractivity contribution in [2.75, 3.05) is 13.7 Å². The molecule has 33 heavy (non-hydrogen) atoms. The fourth-order valence-corrected chi connectivity index (χ4v) is 4.96. The zero-order chi connectivity index (χ0) is 23.4. The molecular formula is C24H23BrClN3O4. The Balaban J connectivity index is 1.80. The van der Waals surface area contributed by atoms with Crippen molar-refractivity contribution >= 4 is 50.6 Å². The summed E-state index contributed by atoms with van der Waals surface area (Å²) in [6.07, 6.45) is 6.84. The summed E-state index contributed by atoms with van der Waals surface area (Å²) in [5.74, 6) is 0.672. The number of fused-ring (bicyclic) bond motifs is 1. The minimum Gasteiger partial charge on any atom is -0.480 e. The second-order valence-corrected chi connectivity index (χ2v) is 9.15. The van der Waals surface area contributed by atoms with E-state index in [1.165, 1.54) is 24.4 Å². The van der Waals surface area contributed by atoms with E-state index in [0.29, 0.717) is 37.5 Å². The average Bonchev–Trinajstić information content (AvgIpc) is 2.83. The third-order valence-corrected chi connectivity index (χ3v) is 6.47. The van der Waals surface area contributed by atoms with E-state index in [1.807, 2.05) is 18.2 Å². The van der Waals surface area contributed by atoms with Gasteiger partial charge >= 0.3 is 5.97 Å². The number of rotatable bonds is 6. The summed E-state index contributed by atoms with van der Waals surface area (Å²) in [4.78, 5) is 29.8. The predicted molar refractivity (Wildman–Crippen MR) is 131 cm³/mol. The Hall–Kier alpha value is -2.71. The maximum Gasteiger partial charge on any atom is 0.343 e. The van der Waals surface area contributed by atoms with E-state index in [-0.39, 0.29) is 18.1 Å².